The third kappa shape index (κ3) is 5.56. The molecule has 1 N–H and O–H groups in total. The number of pyridine rings is 1. The lowest BCUT2D eigenvalue weighted by Crippen LogP contribution is -2.43. The van der Waals surface area contributed by atoms with E-state index in [0.717, 1.165) is 22.6 Å². The van der Waals surface area contributed by atoms with Crippen molar-refractivity contribution < 1.29 is 32.2 Å². The van der Waals surface area contributed by atoms with E-state index in [1.165, 1.54) is 10.7 Å². The monoisotopic (exact) mass is 488 g/mol. The molecule has 2 aromatic heterocycles. The molecule has 0 bridgehead atoms. The predicted octanol–water partition coefficient (Wildman–Crippen LogP) is 3.41. The van der Waals surface area contributed by atoms with Crippen molar-refractivity contribution >= 4 is 5.91 Å². The summed E-state index contributed by atoms with van der Waals surface area (Å²) in [7, 11) is 0. The molecule has 3 aromatic rings. The minimum atomic E-state index is -4.35. The minimum Gasteiger partial charge on any atom is -0.491 e. The van der Waals surface area contributed by atoms with Gasteiger partial charge in [-0.2, -0.15) is 18.3 Å². The summed E-state index contributed by atoms with van der Waals surface area (Å²) in [5, 5.41) is 7.24. The summed E-state index contributed by atoms with van der Waals surface area (Å²) in [6.45, 7) is -0.679. The zero-order valence-electron chi connectivity index (χ0n) is 18.6. The fourth-order valence-corrected chi connectivity index (χ4v) is 4.13. The number of ether oxygens (including phenoxy) is 3. The van der Waals surface area contributed by atoms with Gasteiger partial charge in [0.1, 0.15) is 25.1 Å². The molecule has 2 aliphatic rings. The molecule has 1 amide bonds. The Bertz CT molecular complexity index is 1180. The van der Waals surface area contributed by atoms with Crippen LogP contribution in [-0.4, -0.2) is 58.8 Å². The van der Waals surface area contributed by atoms with Crippen molar-refractivity contribution in [3.05, 3.63) is 59.9 Å². The number of carbonyl (C=O) groups excluding carboxylic acids is 1. The van der Waals surface area contributed by atoms with E-state index >= 15 is 0 Å². The molecule has 11 heteroatoms. The summed E-state index contributed by atoms with van der Waals surface area (Å²) < 4.78 is 54.1. The van der Waals surface area contributed by atoms with Crippen LogP contribution < -0.4 is 14.8 Å². The molecule has 0 aliphatic carbocycles. The molecule has 0 radical (unpaired) electrons. The van der Waals surface area contributed by atoms with Gasteiger partial charge in [-0.1, -0.05) is 6.07 Å². The third-order valence-electron chi connectivity index (χ3n) is 5.75. The Hall–Kier alpha value is -3.60. The van der Waals surface area contributed by atoms with Gasteiger partial charge in [0.05, 0.1) is 24.9 Å². The Morgan fingerprint density at radius 2 is 2.11 bits per heavy atom. The molecule has 5 rings (SSSR count). The van der Waals surface area contributed by atoms with E-state index in [9.17, 15) is 18.0 Å². The summed E-state index contributed by atoms with van der Waals surface area (Å²) in [5.74, 6) is 0.842. The van der Waals surface area contributed by atoms with Gasteiger partial charge in [-0.25, -0.2) is 4.68 Å². The topological polar surface area (TPSA) is 87.5 Å². The number of nitrogens with zero attached hydrogens (tertiary/aromatic N) is 3. The average molecular weight is 488 g/mol. The Morgan fingerprint density at radius 3 is 2.89 bits per heavy atom. The zero-order valence-corrected chi connectivity index (χ0v) is 18.6. The molecule has 2 aliphatic heterocycles. The van der Waals surface area contributed by atoms with Gasteiger partial charge in [0.15, 0.2) is 5.69 Å². The fourth-order valence-electron chi connectivity index (χ4n) is 4.13. The van der Waals surface area contributed by atoms with E-state index < -0.39 is 12.8 Å². The first kappa shape index (κ1) is 23.2. The Morgan fingerprint density at radius 1 is 1.23 bits per heavy atom. The first-order chi connectivity index (χ1) is 16.8. The summed E-state index contributed by atoms with van der Waals surface area (Å²) in [6, 6.07) is 12.9. The Kier molecular flexibility index (Phi) is 6.33. The lowest BCUT2D eigenvalue weighted by molar-refractivity contribution is -0.174. The first-order valence-electron chi connectivity index (χ1n) is 11.2. The van der Waals surface area contributed by atoms with Crippen molar-refractivity contribution in [1.29, 1.82) is 0 Å². The lowest BCUT2D eigenvalue weighted by atomic mass is 9.99. The van der Waals surface area contributed by atoms with Crippen LogP contribution in [0.4, 0.5) is 13.2 Å². The smallest absolute Gasteiger partial charge is 0.411 e. The standard InChI is InChI=1S/C24H23F3N4O4/c25-24(26,27)14-33-8-6-18-12-31-22(35-18)11-20(30-31)23(32)29-17-10-16-9-15(4-5-21(16)34-13-17)19-3-1-2-7-28-19/h1-5,7,9,11,17-18H,6,8,10,12-14H2,(H,29,32)/t17-,18?/m1/s1. The van der Waals surface area contributed by atoms with Crippen molar-refractivity contribution in [1.82, 2.24) is 20.1 Å². The summed E-state index contributed by atoms with van der Waals surface area (Å²) in [6.07, 6.45) is -2.06. The number of alkyl halides is 3. The SMILES string of the molecule is O=C(N[C@H]1COc2ccc(-c3ccccn3)cc2C1)c1cc2n(n1)CC(CCOCC(F)(F)F)O2. The van der Waals surface area contributed by atoms with Gasteiger partial charge < -0.3 is 19.5 Å². The number of amides is 1. The van der Waals surface area contributed by atoms with Gasteiger partial charge in [-0.3, -0.25) is 9.78 Å². The van der Waals surface area contributed by atoms with E-state index in [1.807, 2.05) is 36.4 Å². The number of hydrogen-bond acceptors (Lipinski definition) is 6. The van der Waals surface area contributed by atoms with Crippen LogP contribution in [0, 0.1) is 0 Å². The molecule has 1 unspecified atom stereocenters. The molecule has 184 valence electrons. The van der Waals surface area contributed by atoms with Crippen molar-refractivity contribution in [2.75, 3.05) is 19.8 Å². The molecular weight excluding hydrogens is 465 g/mol. The highest BCUT2D eigenvalue weighted by atomic mass is 19.4. The highest BCUT2D eigenvalue weighted by Crippen LogP contribution is 2.30. The summed E-state index contributed by atoms with van der Waals surface area (Å²) >= 11 is 0. The Balaban J connectivity index is 1.15. The van der Waals surface area contributed by atoms with E-state index in [4.69, 9.17) is 9.47 Å². The van der Waals surface area contributed by atoms with Crippen LogP contribution in [0.25, 0.3) is 11.3 Å². The highest BCUT2D eigenvalue weighted by Gasteiger charge is 2.30. The normalized spacial score (nSPS) is 18.8. The molecule has 0 spiro atoms. The van der Waals surface area contributed by atoms with Gasteiger partial charge in [0, 0.05) is 24.2 Å². The largest absolute Gasteiger partial charge is 0.491 e. The van der Waals surface area contributed by atoms with Crippen molar-refractivity contribution in [3.8, 4) is 22.9 Å². The van der Waals surface area contributed by atoms with E-state index in [-0.39, 0.29) is 30.4 Å². The quantitative estimate of drug-likeness (QED) is 0.513. The number of benzene rings is 1. The number of nitrogens with one attached hydrogen (secondary N) is 1. The number of carbonyl (C=O) groups is 1. The van der Waals surface area contributed by atoms with Crippen LogP contribution in [0.3, 0.4) is 0 Å². The number of hydrogen-bond donors (Lipinski definition) is 1. The molecule has 8 nitrogen and oxygen atoms in total. The molecule has 2 atom stereocenters. The maximum absolute atomic E-state index is 12.8. The van der Waals surface area contributed by atoms with Gasteiger partial charge in [0.2, 0.25) is 5.88 Å². The second-order valence-electron chi connectivity index (χ2n) is 8.47. The second kappa shape index (κ2) is 9.57. The zero-order chi connectivity index (χ0) is 24.4. The fraction of sp³-hybridized carbons (Fsp3) is 0.375. The summed E-state index contributed by atoms with van der Waals surface area (Å²) in [5.41, 5.74) is 3.02. The molecule has 0 saturated carbocycles. The maximum Gasteiger partial charge on any atom is 0.411 e. The number of fused-ring (bicyclic) bond motifs is 2. The number of halogens is 3. The van der Waals surface area contributed by atoms with Gasteiger partial charge in [-0.15, -0.1) is 0 Å². The third-order valence-corrected chi connectivity index (χ3v) is 5.75. The van der Waals surface area contributed by atoms with E-state index in [2.05, 4.69) is 20.1 Å². The molecule has 0 saturated heterocycles. The molecule has 4 heterocycles. The van der Waals surface area contributed by atoms with Crippen LogP contribution >= 0.6 is 0 Å². The maximum atomic E-state index is 12.8. The molecule has 35 heavy (non-hydrogen) atoms. The number of aromatic nitrogens is 3. The van der Waals surface area contributed by atoms with Crippen molar-refractivity contribution in [2.24, 2.45) is 0 Å². The average Bonchev–Trinajstić information content (AvgIpc) is 3.40. The van der Waals surface area contributed by atoms with Crippen molar-refractivity contribution in [3.63, 3.8) is 0 Å². The molecular formula is C24H23F3N4O4. The predicted molar refractivity (Wildman–Crippen MR) is 118 cm³/mol. The van der Waals surface area contributed by atoms with Gasteiger partial charge in [-0.05, 0) is 42.3 Å². The summed E-state index contributed by atoms with van der Waals surface area (Å²) in [4.78, 5) is 17.2. The van der Waals surface area contributed by atoms with E-state index in [1.54, 1.807) is 6.20 Å². The molecule has 1 aromatic carbocycles. The van der Waals surface area contributed by atoms with Crippen LogP contribution in [0.2, 0.25) is 0 Å². The number of rotatable bonds is 7. The van der Waals surface area contributed by atoms with Gasteiger partial charge in [0.25, 0.3) is 5.91 Å². The van der Waals surface area contributed by atoms with Crippen LogP contribution in [0.1, 0.15) is 22.5 Å². The first-order valence-corrected chi connectivity index (χ1v) is 11.2. The van der Waals surface area contributed by atoms with Crippen LogP contribution in [0.5, 0.6) is 11.6 Å². The van der Waals surface area contributed by atoms with Gasteiger partial charge >= 0.3 is 6.18 Å². The molecule has 0 fully saturated rings. The second-order valence-corrected chi connectivity index (χ2v) is 8.47. The highest BCUT2D eigenvalue weighted by molar-refractivity contribution is 5.92. The Labute approximate surface area is 199 Å². The van der Waals surface area contributed by atoms with Crippen LogP contribution in [0.15, 0.2) is 48.7 Å². The van der Waals surface area contributed by atoms with Crippen molar-refractivity contribution in [2.45, 2.75) is 37.7 Å². The van der Waals surface area contributed by atoms with Crippen LogP contribution in [-0.2, 0) is 17.7 Å². The minimum absolute atomic E-state index is 0.0758. The van der Waals surface area contributed by atoms with E-state index in [0.29, 0.717) is 31.9 Å². The lowest BCUT2D eigenvalue weighted by Gasteiger charge is -2.26.